The van der Waals surface area contributed by atoms with Crippen molar-refractivity contribution in [3.05, 3.63) is 70.5 Å². The number of carbonyl (C=O) groups excluding carboxylic acids is 2. The van der Waals surface area contributed by atoms with Gasteiger partial charge in [0, 0.05) is 23.3 Å². The molecule has 0 heterocycles. The number of halogens is 2. The van der Waals surface area contributed by atoms with Gasteiger partial charge in [0.1, 0.15) is 12.4 Å². The molecule has 0 unspecified atom stereocenters. The average molecular weight is 375 g/mol. The summed E-state index contributed by atoms with van der Waals surface area (Å²) in [7, 11) is 0. The molecule has 6 heteroatoms. The number of aryl methyl sites for hydroxylation is 1. The van der Waals surface area contributed by atoms with E-state index in [4.69, 9.17) is 11.6 Å². The van der Waals surface area contributed by atoms with Crippen molar-refractivity contribution in [1.29, 1.82) is 0 Å². The molecule has 0 saturated heterocycles. The van der Waals surface area contributed by atoms with Crippen molar-refractivity contribution >= 4 is 35.2 Å². The minimum Gasteiger partial charge on any atom is -0.330 e. The quantitative estimate of drug-likeness (QED) is 0.767. The molecule has 0 aromatic heterocycles. The summed E-state index contributed by atoms with van der Waals surface area (Å²) in [5.41, 5.74) is 2.07. The summed E-state index contributed by atoms with van der Waals surface area (Å²) in [6.45, 7) is 3.92. The third-order valence-electron chi connectivity index (χ3n) is 3.77. The molecule has 0 spiro atoms. The molecule has 2 aromatic rings. The van der Waals surface area contributed by atoms with Crippen molar-refractivity contribution < 1.29 is 14.0 Å². The second-order valence-electron chi connectivity index (χ2n) is 5.75. The molecule has 4 nitrogen and oxygen atoms in total. The van der Waals surface area contributed by atoms with Gasteiger partial charge in [0.15, 0.2) is 0 Å². The van der Waals surface area contributed by atoms with Gasteiger partial charge in [-0.05, 0) is 55.3 Å². The van der Waals surface area contributed by atoms with Crippen LogP contribution in [0.5, 0.6) is 0 Å². The Bertz CT molecular complexity index is 836. The topological polar surface area (TPSA) is 49.4 Å². The van der Waals surface area contributed by atoms with Gasteiger partial charge in [-0.25, -0.2) is 4.39 Å². The van der Waals surface area contributed by atoms with E-state index in [1.165, 1.54) is 29.2 Å². The van der Waals surface area contributed by atoms with Crippen molar-refractivity contribution in [3.63, 3.8) is 0 Å². The summed E-state index contributed by atoms with van der Waals surface area (Å²) in [6.07, 6.45) is 2.85. The van der Waals surface area contributed by atoms with E-state index in [-0.39, 0.29) is 24.2 Å². The number of benzene rings is 2. The molecule has 0 bridgehead atoms. The van der Waals surface area contributed by atoms with Crippen molar-refractivity contribution in [1.82, 2.24) is 4.90 Å². The molecule has 0 fully saturated rings. The molecule has 0 saturated carbocycles. The number of nitrogens with one attached hydrogen (secondary N) is 1. The van der Waals surface area contributed by atoms with Crippen molar-refractivity contribution in [2.45, 2.75) is 13.8 Å². The molecular weight excluding hydrogens is 355 g/mol. The maximum Gasteiger partial charge on any atom is 0.247 e. The summed E-state index contributed by atoms with van der Waals surface area (Å²) in [5.74, 6) is -1.01. The van der Waals surface area contributed by atoms with Crippen molar-refractivity contribution in [2.75, 3.05) is 18.4 Å². The highest BCUT2D eigenvalue weighted by atomic mass is 35.5. The van der Waals surface area contributed by atoms with Gasteiger partial charge in [0.2, 0.25) is 11.8 Å². The Morgan fingerprint density at radius 2 is 2.00 bits per heavy atom. The van der Waals surface area contributed by atoms with E-state index >= 15 is 0 Å². The van der Waals surface area contributed by atoms with Gasteiger partial charge < -0.3 is 10.2 Å². The first-order chi connectivity index (χ1) is 12.4. The number of carbonyl (C=O) groups is 2. The van der Waals surface area contributed by atoms with E-state index in [2.05, 4.69) is 5.32 Å². The first kappa shape index (κ1) is 19.7. The van der Waals surface area contributed by atoms with Gasteiger partial charge in [-0.15, -0.1) is 0 Å². The molecule has 2 amide bonds. The Kier molecular flexibility index (Phi) is 6.92. The Morgan fingerprint density at radius 1 is 1.23 bits per heavy atom. The van der Waals surface area contributed by atoms with Crippen molar-refractivity contribution in [3.8, 4) is 0 Å². The predicted octanol–water partition coefficient (Wildman–Crippen LogP) is 4.29. The first-order valence-electron chi connectivity index (χ1n) is 8.17. The first-order valence-corrected chi connectivity index (χ1v) is 8.55. The minimum atomic E-state index is -0.372. The van der Waals surface area contributed by atoms with E-state index in [0.29, 0.717) is 22.8 Å². The normalized spacial score (nSPS) is 10.8. The smallest absolute Gasteiger partial charge is 0.247 e. The molecule has 0 atom stereocenters. The van der Waals surface area contributed by atoms with Crippen LogP contribution in [0, 0.1) is 12.7 Å². The molecule has 2 rings (SSSR count). The lowest BCUT2D eigenvalue weighted by Crippen LogP contribution is -2.37. The summed E-state index contributed by atoms with van der Waals surface area (Å²) in [5, 5.41) is 3.28. The van der Waals surface area contributed by atoms with Gasteiger partial charge in [0.25, 0.3) is 0 Å². The average Bonchev–Trinajstić information content (AvgIpc) is 2.61. The van der Waals surface area contributed by atoms with Gasteiger partial charge in [-0.3, -0.25) is 9.59 Å². The molecule has 0 radical (unpaired) electrons. The Labute approximate surface area is 157 Å². The van der Waals surface area contributed by atoms with Crippen LogP contribution in [-0.2, 0) is 9.59 Å². The number of nitrogens with zero attached hydrogens (tertiary/aromatic N) is 1. The fourth-order valence-corrected chi connectivity index (χ4v) is 2.49. The molecule has 26 heavy (non-hydrogen) atoms. The Balaban J connectivity index is 2.00. The number of hydrogen-bond donors (Lipinski definition) is 1. The third-order valence-corrected chi connectivity index (χ3v) is 4.00. The second-order valence-corrected chi connectivity index (χ2v) is 6.18. The van der Waals surface area contributed by atoms with Crippen LogP contribution in [0.4, 0.5) is 10.1 Å². The van der Waals surface area contributed by atoms with E-state index in [0.717, 1.165) is 5.56 Å². The standard InChI is InChI=1S/C20H20ClFN2O2/c1-3-24(20(26)10-8-15-5-4-6-17(22)11-15)13-19(25)23-18-12-16(21)9-7-14(18)2/h4-12H,3,13H2,1-2H3,(H,23,25)/b10-8+. The lowest BCUT2D eigenvalue weighted by Gasteiger charge is -2.19. The molecule has 2 aromatic carbocycles. The van der Waals surface area contributed by atoms with Crippen LogP contribution in [0.3, 0.4) is 0 Å². The third kappa shape index (κ3) is 5.70. The molecule has 0 aliphatic heterocycles. The summed E-state index contributed by atoms with van der Waals surface area (Å²) < 4.78 is 13.2. The van der Waals surface area contributed by atoms with E-state index in [1.54, 1.807) is 31.2 Å². The summed E-state index contributed by atoms with van der Waals surface area (Å²) in [6, 6.07) is 11.1. The van der Waals surface area contributed by atoms with Gasteiger partial charge in [0.05, 0.1) is 0 Å². The van der Waals surface area contributed by atoms with Crippen LogP contribution >= 0.6 is 11.6 Å². The molecular formula is C20H20ClFN2O2. The second kappa shape index (κ2) is 9.15. The maximum atomic E-state index is 13.2. The molecule has 1 N–H and O–H groups in total. The maximum absolute atomic E-state index is 13.2. The van der Waals surface area contributed by atoms with Crippen LogP contribution in [0.25, 0.3) is 6.08 Å². The highest BCUT2D eigenvalue weighted by Gasteiger charge is 2.14. The van der Waals surface area contributed by atoms with Crippen LogP contribution in [0.15, 0.2) is 48.5 Å². The van der Waals surface area contributed by atoms with E-state index in [1.807, 2.05) is 13.0 Å². The van der Waals surface area contributed by atoms with E-state index in [9.17, 15) is 14.0 Å². The van der Waals surface area contributed by atoms with Crippen molar-refractivity contribution in [2.24, 2.45) is 0 Å². The number of amides is 2. The number of anilines is 1. The fourth-order valence-electron chi connectivity index (χ4n) is 2.32. The summed E-state index contributed by atoms with van der Waals surface area (Å²) >= 11 is 5.94. The highest BCUT2D eigenvalue weighted by molar-refractivity contribution is 6.31. The van der Waals surface area contributed by atoms with Gasteiger partial charge in [-0.2, -0.15) is 0 Å². The number of likely N-dealkylation sites (N-methyl/N-ethyl adjacent to an activating group) is 1. The Hall–Kier alpha value is -2.66. The number of rotatable bonds is 6. The van der Waals surface area contributed by atoms with Crippen LogP contribution in [0.1, 0.15) is 18.1 Å². The monoisotopic (exact) mass is 374 g/mol. The minimum absolute atomic E-state index is 0.0885. The zero-order valence-electron chi connectivity index (χ0n) is 14.6. The van der Waals surface area contributed by atoms with Crippen LogP contribution in [-0.4, -0.2) is 29.8 Å². The van der Waals surface area contributed by atoms with Gasteiger partial charge >= 0.3 is 0 Å². The lowest BCUT2D eigenvalue weighted by molar-refractivity contribution is -0.130. The number of hydrogen-bond acceptors (Lipinski definition) is 2. The predicted molar refractivity (Wildman–Crippen MR) is 103 cm³/mol. The molecule has 136 valence electrons. The van der Waals surface area contributed by atoms with Gasteiger partial charge in [-0.1, -0.05) is 29.8 Å². The molecule has 0 aliphatic rings. The van der Waals surface area contributed by atoms with Crippen LogP contribution in [0.2, 0.25) is 5.02 Å². The lowest BCUT2D eigenvalue weighted by atomic mass is 10.2. The van der Waals surface area contributed by atoms with E-state index < -0.39 is 0 Å². The zero-order valence-corrected chi connectivity index (χ0v) is 15.4. The molecule has 0 aliphatic carbocycles. The SMILES string of the molecule is CCN(CC(=O)Nc1cc(Cl)ccc1C)C(=O)/C=C/c1cccc(F)c1. The summed E-state index contributed by atoms with van der Waals surface area (Å²) in [4.78, 5) is 25.9. The van der Waals surface area contributed by atoms with Crippen LogP contribution < -0.4 is 5.32 Å². The fraction of sp³-hybridized carbons (Fsp3) is 0.200. The Morgan fingerprint density at radius 3 is 2.69 bits per heavy atom. The zero-order chi connectivity index (χ0) is 19.1. The largest absolute Gasteiger partial charge is 0.330 e. The highest BCUT2D eigenvalue weighted by Crippen LogP contribution is 2.20.